The maximum atomic E-state index is 13.7. The number of carbonyl (C=O) groups is 1. The summed E-state index contributed by atoms with van der Waals surface area (Å²) in [5.74, 6) is 0. The first-order valence-corrected chi connectivity index (χ1v) is 5.62. The van der Waals surface area contributed by atoms with E-state index in [2.05, 4.69) is 5.32 Å². The van der Waals surface area contributed by atoms with Crippen molar-refractivity contribution in [1.29, 1.82) is 0 Å². The van der Waals surface area contributed by atoms with E-state index < -0.39 is 12.3 Å². The van der Waals surface area contributed by atoms with Gasteiger partial charge in [0.2, 0.25) is 0 Å². The maximum absolute atomic E-state index is 13.7. The molecule has 0 aromatic rings. The number of nitrogens with one attached hydrogen (secondary N) is 1. The topological polar surface area (TPSA) is 61.8 Å². The van der Waals surface area contributed by atoms with Crippen LogP contribution < -0.4 is 5.32 Å². The largest absolute Gasteiger partial charge is 0.465 e. The molecule has 5 nitrogen and oxygen atoms in total. The number of hydrogen-bond acceptors (Lipinski definition) is 3. The van der Waals surface area contributed by atoms with Crippen molar-refractivity contribution in [3.63, 3.8) is 0 Å². The van der Waals surface area contributed by atoms with Crippen LogP contribution in [-0.4, -0.2) is 60.7 Å². The molecule has 3 atom stereocenters. The van der Waals surface area contributed by atoms with Crippen LogP contribution in [0.15, 0.2) is 0 Å². The zero-order chi connectivity index (χ0) is 11.5. The van der Waals surface area contributed by atoms with Crippen molar-refractivity contribution in [3.8, 4) is 0 Å². The smallest absolute Gasteiger partial charge is 0.407 e. The number of amides is 1. The molecular weight excluding hydrogens is 215 g/mol. The number of carboxylic acid groups (broad SMARTS) is 1. The average molecular weight is 232 g/mol. The minimum atomic E-state index is -1.12. The van der Waals surface area contributed by atoms with Gasteiger partial charge in [-0.3, -0.25) is 0 Å². The second kappa shape index (κ2) is 4.97. The fraction of sp³-hybridized carbons (Fsp3) is 0.900. The third-order valence-corrected chi connectivity index (χ3v) is 3.19. The van der Waals surface area contributed by atoms with Crippen LogP contribution in [0.3, 0.4) is 0 Å². The molecule has 0 saturated carbocycles. The van der Waals surface area contributed by atoms with Gasteiger partial charge in [-0.15, -0.1) is 0 Å². The molecule has 2 aliphatic rings. The number of rotatable bonds is 2. The lowest BCUT2D eigenvalue weighted by Gasteiger charge is -2.34. The Hall–Kier alpha value is -0.880. The summed E-state index contributed by atoms with van der Waals surface area (Å²) < 4.78 is 18.9. The van der Waals surface area contributed by atoms with Crippen molar-refractivity contribution in [2.24, 2.45) is 0 Å². The van der Waals surface area contributed by atoms with Gasteiger partial charge in [-0.1, -0.05) is 0 Å². The molecule has 2 rings (SSSR count). The zero-order valence-electron chi connectivity index (χ0n) is 9.06. The highest BCUT2D eigenvalue weighted by molar-refractivity contribution is 5.65. The van der Waals surface area contributed by atoms with Crippen LogP contribution in [0.2, 0.25) is 0 Å². The Bertz CT molecular complexity index is 258. The molecule has 0 aliphatic carbocycles. The van der Waals surface area contributed by atoms with Gasteiger partial charge in [0.05, 0.1) is 13.2 Å². The van der Waals surface area contributed by atoms with Gasteiger partial charge >= 0.3 is 6.09 Å². The van der Waals surface area contributed by atoms with E-state index >= 15 is 0 Å². The van der Waals surface area contributed by atoms with Gasteiger partial charge in [0, 0.05) is 25.2 Å². The molecule has 0 bridgehead atoms. The van der Waals surface area contributed by atoms with Crippen molar-refractivity contribution < 1.29 is 19.0 Å². The van der Waals surface area contributed by atoms with E-state index in [0.29, 0.717) is 19.6 Å². The summed E-state index contributed by atoms with van der Waals surface area (Å²) in [5, 5.41) is 12.0. The van der Waals surface area contributed by atoms with Crippen molar-refractivity contribution >= 4 is 6.09 Å². The van der Waals surface area contributed by atoms with Gasteiger partial charge in [-0.2, -0.15) is 0 Å². The number of ether oxygens (including phenoxy) is 1. The third kappa shape index (κ3) is 2.62. The molecule has 92 valence electrons. The van der Waals surface area contributed by atoms with Gasteiger partial charge in [0.25, 0.3) is 0 Å². The summed E-state index contributed by atoms with van der Waals surface area (Å²) in [7, 11) is 0. The summed E-state index contributed by atoms with van der Waals surface area (Å²) in [4.78, 5) is 11.8. The summed E-state index contributed by atoms with van der Waals surface area (Å²) in [5.41, 5.74) is 0. The molecule has 0 spiro atoms. The first-order chi connectivity index (χ1) is 7.66. The monoisotopic (exact) mass is 232 g/mol. The molecule has 2 aliphatic heterocycles. The van der Waals surface area contributed by atoms with Crippen molar-refractivity contribution in [1.82, 2.24) is 10.2 Å². The second-order valence-corrected chi connectivity index (χ2v) is 4.37. The average Bonchev–Trinajstić information content (AvgIpc) is 2.73. The van der Waals surface area contributed by atoms with Gasteiger partial charge in [0.1, 0.15) is 6.17 Å². The number of piperidine rings is 1. The van der Waals surface area contributed by atoms with E-state index in [1.165, 1.54) is 0 Å². The fourth-order valence-electron chi connectivity index (χ4n) is 2.24. The lowest BCUT2D eigenvalue weighted by atomic mass is 10.0. The first-order valence-electron chi connectivity index (χ1n) is 5.62. The Morgan fingerprint density at radius 3 is 2.88 bits per heavy atom. The molecule has 1 amide bonds. The molecular formula is C10H17FN2O3. The van der Waals surface area contributed by atoms with Crippen molar-refractivity contribution in [2.45, 2.75) is 31.1 Å². The van der Waals surface area contributed by atoms with Gasteiger partial charge < -0.3 is 20.1 Å². The molecule has 1 unspecified atom stereocenters. The second-order valence-electron chi connectivity index (χ2n) is 4.37. The van der Waals surface area contributed by atoms with E-state index in [-0.39, 0.29) is 18.6 Å². The van der Waals surface area contributed by atoms with Gasteiger partial charge in [-0.25, -0.2) is 9.18 Å². The predicted octanol–water partition coefficient (Wildman–Crippen LogP) is 0.455. The maximum Gasteiger partial charge on any atom is 0.407 e. The summed E-state index contributed by atoms with van der Waals surface area (Å²) in [6.07, 6.45) is -0.716. The highest BCUT2D eigenvalue weighted by Crippen LogP contribution is 2.16. The Morgan fingerprint density at radius 2 is 2.31 bits per heavy atom. The third-order valence-electron chi connectivity index (χ3n) is 3.19. The van der Waals surface area contributed by atoms with Gasteiger partial charge in [-0.05, 0) is 12.8 Å². The molecule has 0 radical (unpaired) electrons. The van der Waals surface area contributed by atoms with E-state index in [0.717, 1.165) is 17.9 Å². The summed E-state index contributed by atoms with van der Waals surface area (Å²) in [6, 6.07) is -0.0121. The molecule has 2 saturated heterocycles. The Balaban J connectivity index is 1.81. The van der Waals surface area contributed by atoms with E-state index in [9.17, 15) is 9.18 Å². The zero-order valence-corrected chi connectivity index (χ0v) is 9.06. The van der Waals surface area contributed by atoms with Crippen LogP contribution in [0.25, 0.3) is 0 Å². The summed E-state index contributed by atoms with van der Waals surface area (Å²) >= 11 is 0. The quantitative estimate of drug-likeness (QED) is 0.726. The predicted molar refractivity (Wildman–Crippen MR) is 55.3 cm³/mol. The number of alkyl halides is 1. The minimum absolute atomic E-state index is 0.0272. The Morgan fingerprint density at radius 1 is 1.50 bits per heavy atom. The van der Waals surface area contributed by atoms with E-state index in [1.54, 1.807) is 0 Å². The molecule has 0 aromatic carbocycles. The SMILES string of the molecule is O=C(O)N1CC[C@@H](NC2CCOC2)[C@@H](F)C1. The van der Waals surface area contributed by atoms with Gasteiger partial charge in [0.15, 0.2) is 0 Å². The normalized spacial score (nSPS) is 35.3. The standard InChI is InChI=1S/C10H17FN2O3/c11-8-5-13(10(14)15)3-1-9(8)12-7-2-4-16-6-7/h7-9,12H,1-6H2,(H,14,15)/t7?,8-,9+/m0/s1. The van der Waals surface area contributed by atoms with Crippen LogP contribution >= 0.6 is 0 Å². The van der Waals surface area contributed by atoms with Crippen LogP contribution in [0.4, 0.5) is 9.18 Å². The number of halogens is 1. The van der Waals surface area contributed by atoms with Crippen LogP contribution in [0.1, 0.15) is 12.8 Å². The molecule has 2 heterocycles. The minimum Gasteiger partial charge on any atom is -0.465 e. The summed E-state index contributed by atoms with van der Waals surface area (Å²) in [6.45, 7) is 1.73. The number of nitrogens with zero attached hydrogens (tertiary/aromatic N) is 1. The number of likely N-dealkylation sites (tertiary alicyclic amines) is 1. The van der Waals surface area contributed by atoms with Crippen molar-refractivity contribution in [3.05, 3.63) is 0 Å². The molecule has 6 heteroatoms. The molecule has 2 N–H and O–H groups in total. The highest BCUT2D eigenvalue weighted by atomic mass is 19.1. The van der Waals surface area contributed by atoms with Crippen LogP contribution in [0.5, 0.6) is 0 Å². The Labute approximate surface area is 93.6 Å². The van der Waals surface area contributed by atoms with E-state index in [4.69, 9.17) is 9.84 Å². The molecule has 16 heavy (non-hydrogen) atoms. The van der Waals surface area contributed by atoms with Crippen molar-refractivity contribution in [2.75, 3.05) is 26.3 Å². The van der Waals surface area contributed by atoms with E-state index in [1.807, 2.05) is 0 Å². The van der Waals surface area contributed by atoms with Crippen LogP contribution in [0, 0.1) is 0 Å². The number of hydrogen-bond donors (Lipinski definition) is 2. The van der Waals surface area contributed by atoms with Crippen LogP contribution in [-0.2, 0) is 4.74 Å². The fourth-order valence-corrected chi connectivity index (χ4v) is 2.24. The highest BCUT2D eigenvalue weighted by Gasteiger charge is 2.33. The Kier molecular flexibility index (Phi) is 3.60. The lowest BCUT2D eigenvalue weighted by Crippen LogP contribution is -2.54. The molecule has 0 aromatic heterocycles. The molecule has 2 fully saturated rings. The first kappa shape index (κ1) is 11.6. The lowest BCUT2D eigenvalue weighted by molar-refractivity contribution is 0.0838.